The highest BCUT2D eigenvalue weighted by molar-refractivity contribution is 5.10. The van der Waals surface area contributed by atoms with Crippen LogP contribution in [0.15, 0.2) is 0 Å². The zero-order chi connectivity index (χ0) is 9.76. The van der Waals surface area contributed by atoms with Crippen molar-refractivity contribution >= 4 is 0 Å². The normalized spacial score (nSPS) is 53.1. The SMILES string of the molecule is CC1C2CCCCC23CCCC3N1C. The second kappa shape index (κ2) is 2.98. The monoisotopic (exact) mass is 193 g/mol. The maximum absolute atomic E-state index is 2.71. The van der Waals surface area contributed by atoms with E-state index >= 15 is 0 Å². The maximum atomic E-state index is 2.71. The van der Waals surface area contributed by atoms with Gasteiger partial charge in [-0.05, 0) is 51.0 Å². The zero-order valence-electron chi connectivity index (χ0n) is 9.63. The molecule has 3 fully saturated rings. The first kappa shape index (κ1) is 9.21. The molecule has 1 aliphatic heterocycles. The Balaban J connectivity index is 1.98. The Kier molecular flexibility index (Phi) is 1.96. The average molecular weight is 193 g/mol. The second-order valence-electron chi connectivity index (χ2n) is 5.90. The Morgan fingerprint density at radius 3 is 2.71 bits per heavy atom. The summed E-state index contributed by atoms with van der Waals surface area (Å²) in [5.41, 5.74) is 0.770. The van der Waals surface area contributed by atoms with Crippen molar-refractivity contribution in [2.75, 3.05) is 7.05 Å². The summed E-state index contributed by atoms with van der Waals surface area (Å²) in [4.78, 5) is 2.71. The molecule has 1 heterocycles. The predicted molar refractivity (Wildman–Crippen MR) is 59.3 cm³/mol. The van der Waals surface area contributed by atoms with E-state index in [0.717, 1.165) is 23.4 Å². The molecule has 2 aliphatic carbocycles. The molecule has 0 bridgehead atoms. The molecule has 1 heteroatoms. The number of hydrogen-bond donors (Lipinski definition) is 0. The first-order chi connectivity index (χ1) is 6.76. The highest BCUT2D eigenvalue weighted by Gasteiger charge is 2.58. The van der Waals surface area contributed by atoms with Gasteiger partial charge in [-0.1, -0.05) is 19.3 Å². The molecule has 3 rings (SSSR count). The van der Waals surface area contributed by atoms with Crippen LogP contribution in [0.3, 0.4) is 0 Å². The number of nitrogens with zero attached hydrogens (tertiary/aromatic N) is 1. The van der Waals surface area contributed by atoms with E-state index in [9.17, 15) is 0 Å². The quantitative estimate of drug-likeness (QED) is 0.571. The van der Waals surface area contributed by atoms with Crippen molar-refractivity contribution in [1.29, 1.82) is 0 Å². The topological polar surface area (TPSA) is 3.24 Å². The van der Waals surface area contributed by atoms with Crippen molar-refractivity contribution in [3.8, 4) is 0 Å². The molecule has 4 unspecified atom stereocenters. The summed E-state index contributed by atoms with van der Waals surface area (Å²) >= 11 is 0. The Labute approximate surface area is 87.9 Å². The van der Waals surface area contributed by atoms with E-state index in [4.69, 9.17) is 0 Å². The molecule has 0 radical (unpaired) electrons. The fourth-order valence-corrected chi connectivity index (χ4v) is 4.99. The lowest BCUT2D eigenvalue weighted by Gasteiger charge is -2.40. The maximum Gasteiger partial charge on any atom is 0.0155 e. The van der Waals surface area contributed by atoms with Crippen LogP contribution in [0.2, 0.25) is 0 Å². The lowest BCUT2D eigenvalue weighted by molar-refractivity contribution is 0.118. The molecular weight excluding hydrogens is 170 g/mol. The zero-order valence-corrected chi connectivity index (χ0v) is 9.63. The van der Waals surface area contributed by atoms with Gasteiger partial charge in [-0.15, -0.1) is 0 Å². The third kappa shape index (κ3) is 0.946. The average Bonchev–Trinajstić information content (AvgIpc) is 2.68. The summed E-state index contributed by atoms with van der Waals surface area (Å²) in [6, 6.07) is 1.81. The van der Waals surface area contributed by atoms with Crippen molar-refractivity contribution in [3.63, 3.8) is 0 Å². The molecule has 0 aromatic carbocycles. The molecular formula is C13H23N. The summed E-state index contributed by atoms with van der Waals surface area (Å²) in [6.07, 6.45) is 10.6. The highest BCUT2D eigenvalue weighted by Crippen LogP contribution is 2.60. The Hall–Kier alpha value is -0.0400. The van der Waals surface area contributed by atoms with Gasteiger partial charge in [0.2, 0.25) is 0 Å². The molecule has 3 aliphatic rings. The van der Waals surface area contributed by atoms with Crippen LogP contribution < -0.4 is 0 Å². The largest absolute Gasteiger partial charge is 0.300 e. The summed E-state index contributed by atoms with van der Waals surface area (Å²) in [5.74, 6) is 1.04. The lowest BCUT2D eigenvalue weighted by atomic mass is 9.64. The van der Waals surface area contributed by atoms with Crippen LogP contribution in [-0.2, 0) is 0 Å². The number of rotatable bonds is 0. The van der Waals surface area contributed by atoms with E-state index in [2.05, 4.69) is 18.9 Å². The van der Waals surface area contributed by atoms with Gasteiger partial charge in [-0.25, -0.2) is 0 Å². The van der Waals surface area contributed by atoms with Gasteiger partial charge in [0.15, 0.2) is 0 Å². The summed E-state index contributed by atoms with van der Waals surface area (Å²) in [7, 11) is 2.38. The van der Waals surface area contributed by atoms with Gasteiger partial charge in [0.1, 0.15) is 0 Å². The van der Waals surface area contributed by atoms with Crippen molar-refractivity contribution in [1.82, 2.24) is 4.90 Å². The predicted octanol–water partition coefficient (Wildman–Crippen LogP) is 3.05. The molecule has 1 saturated heterocycles. The van der Waals surface area contributed by atoms with Gasteiger partial charge in [-0.2, -0.15) is 0 Å². The standard InChI is InChI=1S/C13H23N/c1-10-11-6-3-4-8-13(11)9-5-7-12(13)14(10)2/h10-12H,3-9H2,1-2H3. The first-order valence-electron chi connectivity index (χ1n) is 6.48. The van der Waals surface area contributed by atoms with Crippen LogP contribution in [0.5, 0.6) is 0 Å². The molecule has 0 amide bonds. The van der Waals surface area contributed by atoms with E-state index in [0.29, 0.717) is 0 Å². The highest BCUT2D eigenvalue weighted by atomic mass is 15.2. The molecule has 1 nitrogen and oxygen atoms in total. The molecule has 0 aromatic rings. The minimum Gasteiger partial charge on any atom is -0.300 e. The Bertz CT molecular complexity index is 235. The third-order valence-electron chi connectivity index (χ3n) is 5.65. The molecule has 4 atom stereocenters. The van der Waals surface area contributed by atoms with Crippen molar-refractivity contribution < 1.29 is 0 Å². The summed E-state index contributed by atoms with van der Waals surface area (Å²) < 4.78 is 0. The van der Waals surface area contributed by atoms with Crippen molar-refractivity contribution in [2.45, 2.75) is 64.0 Å². The van der Waals surface area contributed by atoms with Gasteiger partial charge in [0.25, 0.3) is 0 Å². The third-order valence-corrected chi connectivity index (χ3v) is 5.65. The van der Waals surface area contributed by atoms with E-state index in [1.807, 2.05) is 0 Å². The van der Waals surface area contributed by atoms with Crippen LogP contribution >= 0.6 is 0 Å². The van der Waals surface area contributed by atoms with Crippen LogP contribution in [0.1, 0.15) is 51.9 Å². The first-order valence-corrected chi connectivity index (χ1v) is 6.48. The second-order valence-corrected chi connectivity index (χ2v) is 5.90. The van der Waals surface area contributed by atoms with Crippen LogP contribution in [0.4, 0.5) is 0 Å². The Morgan fingerprint density at radius 1 is 1.07 bits per heavy atom. The van der Waals surface area contributed by atoms with Crippen molar-refractivity contribution in [2.24, 2.45) is 11.3 Å². The van der Waals surface area contributed by atoms with E-state index in [-0.39, 0.29) is 0 Å². The smallest absolute Gasteiger partial charge is 0.0155 e. The fourth-order valence-electron chi connectivity index (χ4n) is 4.99. The van der Waals surface area contributed by atoms with Gasteiger partial charge >= 0.3 is 0 Å². The van der Waals surface area contributed by atoms with Crippen molar-refractivity contribution in [3.05, 3.63) is 0 Å². The summed E-state index contributed by atoms with van der Waals surface area (Å²) in [6.45, 7) is 2.47. The number of likely N-dealkylation sites (tertiary alicyclic amines) is 1. The van der Waals surface area contributed by atoms with Gasteiger partial charge < -0.3 is 0 Å². The van der Waals surface area contributed by atoms with Crippen LogP contribution in [0.25, 0.3) is 0 Å². The molecule has 80 valence electrons. The lowest BCUT2D eigenvalue weighted by Crippen LogP contribution is -2.36. The Morgan fingerprint density at radius 2 is 1.86 bits per heavy atom. The van der Waals surface area contributed by atoms with Crippen LogP contribution in [0, 0.1) is 11.3 Å². The van der Waals surface area contributed by atoms with E-state index in [1.165, 1.54) is 44.9 Å². The fraction of sp³-hybridized carbons (Fsp3) is 1.00. The van der Waals surface area contributed by atoms with E-state index < -0.39 is 0 Å². The molecule has 2 saturated carbocycles. The molecule has 0 aromatic heterocycles. The molecule has 0 N–H and O–H groups in total. The van der Waals surface area contributed by atoms with E-state index in [1.54, 1.807) is 0 Å². The minimum atomic E-state index is 0.770. The minimum absolute atomic E-state index is 0.770. The van der Waals surface area contributed by atoms with Gasteiger partial charge in [-0.3, -0.25) is 4.90 Å². The summed E-state index contributed by atoms with van der Waals surface area (Å²) in [5, 5.41) is 0. The van der Waals surface area contributed by atoms with Gasteiger partial charge in [0.05, 0.1) is 0 Å². The van der Waals surface area contributed by atoms with Gasteiger partial charge in [0, 0.05) is 12.1 Å². The molecule has 14 heavy (non-hydrogen) atoms. The van der Waals surface area contributed by atoms with Crippen LogP contribution in [-0.4, -0.2) is 24.0 Å². The molecule has 1 spiro atoms. The number of hydrogen-bond acceptors (Lipinski definition) is 1.